The van der Waals surface area contributed by atoms with Gasteiger partial charge < -0.3 is 10.2 Å². The zero-order valence-electron chi connectivity index (χ0n) is 9.26. The van der Waals surface area contributed by atoms with E-state index in [-0.39, 0.29) is 0 Å². The van der Waals surface area contributed by atoms with E-state index in [1.54, 1.807) is 7.11 Å². The van der Waals surface area contributed by atoms with Crippen LogP contribution in [0.2, 0.25) is 0 Å². The molecule has 3 nitrogen and oxygen atoms in total. The predicted molar refractivity (Wildman–Crippen MR) is 67.2 cm³/mol. The molecule has 0 saturated heterocycles. The van der Waals surface area contributed by atoms with Crippen LogP contribution >= 0.6 is 0 Å². The Bertz CT molecular complexity index is 336. The second kappa shape index (κ2) is 7.31. The maximum Gasteiger partial charge on any atom is 0.118 e. The van der Waals surface area contributed by atoms with Crippen LogP contribution in [0, 0.1) is 0 Å². The maximum absolute atomic E-state index is 5.10. The van der Waals surface area contributed by atoms with Crippen LogP contribution in [0.15, 0.2) is 60.7 Å². The number of hydrogen-bond acceptors (Lipinski definition) is 3. The van der Waals surface area contributed by atoms with Crippen molar-refractivity contribution >= 4 is 5.69 Å². The number of ether oxygens (including phenoxy) is 1. The van der Waals surface area contributed by atoms with Crippen LogP contribution in [0.3, 0.4) is 0 Å². The summed E-state index contributed by atoms with van der Waals surface area (Å²) in [5.41, 5.74) is 3.46. The van der Waals surface area contributed by atoms with E-state index in [1.165, 1.54) is 0 Å². The number of methoxy groups -OCH3 is 1. The number of nitrogen functional groups attached to an aromatic ring is 1. The van der Waals surface area contributed by atoms with E-state index >= 15 is 0 Å². The van der Waals surface area contributed by atoms with Crippen LogP contribution in [0.5, 0.6) is 5.75 Å². The number of hydrogen-bond donors (Lipinski definition) is 2. The average Bonchev–Trinajstić information content (AvgIpc) is 2.41. The first-order valence-electron chi connectivity index (χ1n) is 4.97. The fourth-order valence-electron chi connectivity index (χ4n) is 1.09. The van der Waals surface area contributed by atoms with Crippen molar-refractivity contribution in [3.05, 3.63) is 60.7 Å². The van der Waals surface area contributed by atoms with Crippen molar-refractivity contribution in [3.8, 4) is 5.75 Å². The molecule has 0 aliphatic rings. The van der Waals surface area contributed by atoms with Gasteiger partial charge in [0.05, 0.1) is 7.11 Å². The van der Waals surface area contributed by atoms with Gasteiger partial charge in [-0.1, -0.05) is 36.4 Å². The minimum absolute atomic E-state index is 0.910. The number of nitrogens with one attached hydrogen (secondary N) is 1. The Morgan fingerprint density at radius 2 is 1.38 bits per heavy atom. The molecule has 0 bridgehead atoms. The van der Waals surface area contributed by atoms with Crippen molar-refractivity contribution in [1.29, 1.82) is 0 Å². The summed E-state index contributed by atoms with van der Waals surface area (Å²) in [6, 6.07) is 19.3. The molecule has 16 heavy (non-hydrogen) atoms. The molecule has 0 heterocycles. The molecule has 0 aromatic heterocycles. The standard InChI is InChI=1S/C7H8O.C6H8N2/c1-8-7-5-3-2-4-6-7;7-8-6-4-2-1-3-5-6/h2-6H,1H3;1-5,8H,7H2. The SMILES string of the molecule is COc1ccccc1.NNc1ccccc1. The molecule has 2 rings (SSSR count). The van der Waals surface area contributed by atoms with Gasteiger partial charge >= 0.3 is 0 Å². The van der Waals surface area contributed by atoms with Gasteiger partial charge in [0.15, 0.2) is 0 Å². The van der Waals surface area contributed by atoms with Gasteiger partial charge in [-0.2, -0.15) is 0 Å². The first-order valence-corrected chi connectivity index (χ1v) is 4.97. The minimum Gasteiger partial charge on any atom is -0.497 e. The van der Waals surface area contributed by atoms with Crippen molar-refractivity contribution in [2.45, 2.75) is 0 Å². The van der Waals surface area contributed by atoms with Gasteiger partial charge in [-0.05, 0) is 24.3 Å². The number of rotatable bonds is 2. The maximum atomic E-state index is 5.10. The van der Waals surface area contributed by atoms with Crippen LogP contribution in [0.25, 0.3) is 0 Å². The van der Waals surface area contributed by atoms with E-state index in [4.69, 9.17) is 10.6 Å². The lowest BCUT2D eigenvalue weighted by molar-refractivity contribution is 0.415. The predicted octanol–water partition coefficient (Wildman–Crippen LogP) is 2.67. The topological polar surface area (TPSA) is 47.3 Å². The first kappa shape index (κ1) is 12.1. The fourth-order valence-corrected chi connectivity index (χ4v) is 1.09. The summed E-state index contributed by atoms with van der Waals surface area (Å²) in [6.07, 6.45) is 0. The summed E-state index contributed by atoms with van der Waals surface area (Å²) in [5.74, 6) is 6.01. The summed E-state index contributed by atoms with van der Waals surface area (Å²) < 4.78 is 4.91. The molecular weight excluding hydrogens is 200 g/mol. The highest BCUT2D eigenvalue weighted by atomic mass is 16.5. The Labute approximate surface area is 95.8 Å². The largest absolute Gasteiger partial charge is 0.497 e. The van der Waals surface area contributed by atoms with Crippen molar-refractivity contribution in [1.82, 2.24) is 0 Å². The molecule has 0 unspecified atom stereocenters. The third kappa shape index (κ3) is 4.48. The summed E-state index contributed by atoms with van der Waals surface area (Å²) >= 11 is 0. The molecule has 0 aliphatic carbocycles. The van der Waals surface area contributed by atoms with Gasteiger partial charge in [-0.25, -0.2) is 0 Å². The zero-order chi connectivity index (χ0) is 11.6. The molecule has 3 N–H and O–H groups in total. The van der Waals surface area contributed by atoms with Gasteiger partial charge in [-0.3, -0.25) is 5.84 Å². The van der Waals surface area contributed by atoms with Crippen molar-refractivity contribution in [3.63, 3.8) is 0 Å². The molecule has 0 fully saturated rings. The van der Waals surface area contributed by atoms with E-state index in [9.17, 15) is 0 Å². The van der Waals surface area contributed by atoms with Gasteiger partial charge in [0.1, 0.15) is 5.75 Å². The summed E-state index contributed by atoms with van der Waals surface area (Å²) in [7, 11) is 1.66. The second-order valence-corrected chi connectivity index (χ2v) is 3.03. The summed E-state index contributed by atoms with van der Waals surface area (Å²) in [6.45, 7) is 0. The van der Waals surface area contributed by atoms with Crippen LogP contribution in [-0.4, -0.2) is 7.11 Å². The molecule has 2 aromatic rings. The highest BCUT2D eigenvalue weighted by Gasteiger charge is 1.80. The number of benzene rings is 2. The molecule has 0 amide bonds. The Balaban J connectivity index is 0.000000160. The normalized spacial score (nSPS) is 8.62. The van der Waals surface area contributed by atoms with Crippen molar-refractivity contribution in [2.75, 3.05) is 12.5 Å². The Kier molecular flexibility index (Phi) is 5.52. The molecule has 0 aliphatic heterocycles. The van der Waals surface area contributed by atoms with Crippen molar-refractivity contribution in [2.24, 2.45) is 5.84 Å². The van der Waals surface area contributed by atoms with E-state index in [0.717, 1.165) is 11.4 Å². The van der Waals surface area contributed by atoms with Crippen molar-refractivity contribution < 1.29 is 4.74 Å². The smallest absolute Gasteiger partial charge is 0.118 e. The molecule has 0 atom stereocenters. The van der Waals surface area contributed by atoms with Crippen LogP contribution in [0.4, 0.5) is 5.69 Å². The van der Waals surface area contributed by atoms with E-state index < -0.39 is 0 Å². The number of para-hydroxylation sites is 2. The highest BCUT2D eigenvalue weighted by molar-refractivity contribution is 5.40. The van der Waals surface area contributed by atoms with Crippen LogP contribution < -0.4 is 16.0 Å². The third-order valence-electron chi connectivity index (χ3n) is 1.92. The Morgan fingerprint density at radius 3 is 1.69 bits per heavy atom. The molecule has 2 aromatic carbocycles. The molecule has 84 valence electrons. The van der Waals surface area contributed by atoms with Gasteiger partial charge in [0, 0.05) is 5.69 Å². The number of nitrogens with two attached hydrogens (primary N) is 1. The number of hydrazine groups is 1. The monoisotopic (exact) mass is 216 g/mol. The molecule has 0 saturated carbocycles. The molecule has 0 spiro atoms. The first-order chi connectivity index (χ1) is 7.86. The highest BCUT2D eigenvalue weighted by Crippen LogP contribution is 2.05. The van der Waals surface area contributed by atoms with E-state index in [1.807, 2.05) is 60.7 Å². The van der Waals surface area contributed by atoms with Crippen LogP contribution in [-0.2, 0) is 0 Å². The van der Waals surface area contributed by atoms with Gasteiger partial charge in [0.25, 0.3) is 0 Å². The third-order valence-corrected chi connectivity index (χ3v) is 1.92. The lowest BCUT2D eigenvalue weighted by Crippen LogP contribution is -2.05. The Morgan fingerprint density at radius 1 is 0.875 bits per heavy atom. The second-order valence-electron chi connectivity index (χ2n) is 3.03. The summed E-state index contributed by atoms with van der Waals surface area (Å²) in [5, 5.41) is 0. The van der Waals surface area contributed by atoms with Gasteiger partial charge in [-0.15, -0.1) is 0 Å². The van der Waals surface area contributed by atoms with E-state index in [2.05, 4.69) is 5.43 Å². The average molecular weight is 216 g/mol. The minimum atomic E-state index is 0.910. The molecular formula is C13H16N2O. The summed E-state index contributed by atoms with van der Waals surface area (Å²) in [4.78, 5) is 0. The van der Waals surface area contributed by atoms with Crippen LogP contribution in [0.1, 0.15) is 0 Å². The lowest BCUT2D eigenvalue weighted by Gasteiger charge is -1.94. The fraction of sp³-hybridized carbons (Fsp3) is 0.0769. The molecule has 3 heteroatoms. The van der Waals surface area contributed by atoms with E-state index in [0.29, 0.717) is 0 Å². The van der Waals surface area contributed by atoms with Gasteiger partial charge in [0.2, 0.25) is 0 Å². The Hall–Kier alpha value is -2.00. The number of anilines is 1. The zero-order valence-corrected chi connectivity index (χ0v) is 9.26. The quantitative estimate of drug-likeness (QED) is 0.599. The molecule has 0 radical (unpaired) electrons. The lowest BCUT2D eigenvalue weighted by atomic mass is 10.3.